The summed E-state index contributed by atoms with van der Waals surface area (Å²) in [6.45, 7) is 0. The Morgan fingerprint density at radius 1 is 1.38 bits per heavy atom. The van der Waals surface area contributed by atoms with Crippen molar-refractivity contribution < 1.29 is 24.5 Å². The molecule has 1 aromatic heterocycles. The molecule has 1 fully saturated rings. The van der Waals surface area contributed by atoms with Crippen LogP contribution < -0.4 is 0 Å². The van der Waals surface area contributed by atoms with Crippen LogP contribution in [0.15, 0.2) is 47.5 Å². The Morgan fingerprint density at radius 2 is 2.12 bits per heavy atom. The van der Waals surface area contributed by atoms with Crippen molar-refractivity contribution in [2.24, 2.45) is 0 Å². The lowest BCUT2D eigenvalue weighted by Crippen LogP contribution is -2.38. The number of aliphatic hydroxyl groups excluding tert-OH is 2. The van der Waals surface area contributed by atoms with E-state index in [9.17, 15) is 24.5 Å². The van der Waals surface area contributed by atoms with Gasteiger partial charge in [-0.15, -0.1) is 0 Å². The Kier molecular flexibility index (Phi) is 3.24. The molecule has 1 aromatic rings. The Balaban J connectivity index is 1.87. The maximum atomic E-state index is 14.7. The van der Waals surface area contributed by atoms with Gasteiger partial charge in [0.15, 0.2) is 5.76 Å². The van der Waals surface area contributed by atoms with Crippen molar-refractivity contribution in [1.29, 1.82) is 0 Å². The van der Waals surface area contributed by atoms with Gasteiger partial charge in [-0.3, -0.25) is 0 Å². The molecular formula is C16H16FN3O4. The third kappa shape index (κ3) is 2.14. The van der Waals surface area contributed by atoms with Gasteiger partial charge in [0.05, 0.1) is 17.6 Å². The first-order valence-electron chi connectivity index (χ1n) is 7.69. The van der Waals surface area contributed by atoms with Crippen LogP contribution >= 0.6 is 0 Å². The first-order chi connectivity index (χ1) is 11.5. The summed E-state index contributed by atoms with van der Waals surface area (Å²) in [5, 5.41) is 30.3. The van der Waals surface area contributed by atoms with Crippen molar-refractivity contribution in [3.8, 4) is 0 Å². The Labute approximate surface area is 136 Å². The van der Waals surface area contributed by atoms with E-state index in [-0.39, 0.29) is 35.1 Å². The fraction of sp³-hybridized carbons (Fsp3) is 0.375. The Hall–Kier alpha value is -2.61. The van der Waals surface area contributed by atoms with Crippen molar-refractivity contribution in [2.45, 2.75) is 37.6 Å². The number of allylic oxidation sites excluding steroid dienone is 1. The summed E-state index contributed by atoms with van der Waals surface area (Å²) < 4.78 is 16.1. The van der Waals surface area contributed by atoms with E-state index in [1.54, 1.807) is 4.90 Å². The fourth-order valence-corrected chi connectivity index (χ4v) is 3.31. The van der Waals surface area contributed by atoms with Gasteiger partial charge in [-0.05, 0) is 18.4 Å². The van der Waals surface area contributed by atoms with Crippen molar-refractivity contribution in [2.75, 3.05) is 0 Å². The van der Waals surface area contributed by atoms with Gasteiger partial charge in [-0.1, -0.05) is 0 Å². The molecule has 7 nitrogen and oxygen atoms in total. The summed E-state index contributed by atoms with van der Waals surface area (Å²) in [4.78, 5) is 16.9. The molecule has 8 heteroatoms. The van der Waals surface area contributed by atoms with Crippen molar-refractivity contribution in [3.05, 3.63) is 47.5 Å². The molecule has 2 atom stereocenters. The van der Waals surface area contributed by atoms with Crippen LogP contribution in [-0.4, -0.2) is 54.1 Å². The number of aliphatic hydroxyl groups is 2. The van der Waals surface area contributed by atoms with Crippen LogP contribution in [0.1, 0.15) is 19.3 Å². The molecule has 0 bridgehead atoms. The van der Waals surface area contributed by atoms with E-state index in [1.807, 2.05) is 0 Å². The smallest absolute Gasteiger partial charge is 0.336 e. The maximum absolute atomic E-state index is 14.7. The predicted molar refractivity (Wildman–Crippen MR) is 81.2 cm³/mol. The van der Waals surface area contributed by atoms with Crippen LogP contribution in [0.25, 0.3) is 5.70 Å². The highest BCUT2D eigenvalue weighted by atomic mass is 19.1. The van der Waals surface area contributed by atoms with E-state index in [0.29, 0.717) is 5.70 Å². The molecule has 3 N–H and O–H groups in total. The molecule has 0 radical (unpaired) electrons. The SMILES string of the molecule is O=C(O)C1=CN(C2CC2)C2=C(CC(F)C(n3ccnc3)=C2O)C1O. The number of carboxylic acid groups (broad SMARTS) is 1. The summed E-state index contributed by atoms with van der Waals surface area (Å²) in [6, 6.07) is 0.0548. The van der Waals surface area contributed by atoms with Crippen molar-refractivity contribution >= 4 is 11.7 Å². The largest absolute Gasteiger partial charge is 0.504 e. The number of hydrogen-bond donors (Lipinski definition) is 3. The quantitative estimate of drug-likeness (QED) is 0.774. The van der Waals surface area contributed by atoms with Gasteiger partial charge in [0.1, 0.15) is 18.0 Å². The monoisotopic (exact) mass is 333 g/mol. The zero-order valence-corrected chi connectivity index (χ0v) is 12.6. The molecule has 3 aliphatic rings. The number of aliphatic carboxylic acids is 1. The zero-order valence-electron chi connectivity index (χ0n) is 12.6. The number of aromatic nitrogens is 2. The molecule has 0 amide bonds. The van der Waals surface area contributed by atoms with Crippen LogP contribution in [0.2, 0.25) is 0 Å². The van der Waals surface area contributed by atoms with E-state index in [0.717, 1.165) is 12.8 Å². The van der Waals surface area contributed by atoms with Gasteiger partial charge in [0.25, 0.3) is 0 Å². The first kappa shape index (κ1) is 14.9. The van der Waals surface area contributed by atoms with Crippen LogP contribution in [-0.2, 0) is 4.79 Å². The lowest BCUT2D eigenvalue weighted by atomic mass is 9.86. The number of halogens is 1. The number of nitrogens with zero attached hydrogens (tertiary/aromatic N) is 3. The van der Waals surface area contributed by atoms with E-state index in [1.165, 1.54) is 29.5 Å². The molecule has 126 valence electrons. The minimum atomic E-state index is -1.57. The Bertz CT molecular complexity index is 792. The minimum absolute atomic E-state index is 0.0521. The summed E-state index contributed by atoms with van der Waals surface area (Å²) >= 11 is 0. The number of hydrogen-bond acceptors (Lipinski definition) is 5. The number of imidazole rings is 1. The normalized spacial score (nSPS) is 27.2. The number of carboxylic acids is 1. The number of carbonyl (C=O) groups is 1. The molecule has 4 rings (SSSR count). The standard InChI is InChI=1S/C16H16FN3O4/c17-11-5-9-12(15(22)13(11)19-4-3-18-7-19)20(8-1-2-8)6-10(14(9)21)16(23)24/h3-4,6-8,11,14,21-22H,1-2,5H2,(H,23,24). The molecule has 0 aromatic carbocycles. The maximum Gasteiger partial charge on any atom is 0.336 e. The number of alkyl halides is 1. The summed E-state index contributed by atoms with van der Waals surface area (Å²) in [5.41, 5.74) is 0.367. The fourth-order valence-electron chi connectivity index (χ4n) is 3.31. The van der Waals surface area contributed by atoms with Crippen LogP contribution in [0.3, 0.4) is 0 Å². The van der Waals surface area contributed by atoms with E-state index in [4.69, 9.17) is 0 Å². The lowest BCUT2D eigenvalue weighted by Gasteiger charge is -2.37. The third-order valence-corrected chi connectivity index (χ3v) is 4.60. The Morgan fingerprint density at radius 3 is 2.71 bits per heavy atom. The topological polar surface area (TPSA) is 98.8 Å². The van der Waals surface area contributed by atoms with Crippen LogP contribution in [0.5, 0.6) is 0 Å². The molecule has 2 unspecified atom stereocenters. The van der Waals surface area contributed by atoms with Gasteiger partial charge in [-0.2, -0.15) is 0 Å². The highest BCUT2D eigenvalue weighted by Crippen LogP contribution is 2.44. The highest BCUT2D eigenvalue weighted by molar-refractivity contribution is 5.89. The molecular weight excluding hydrogens is 317 g/mol. The number of rotatable bonds is 3. The molecule has 0 spiro atoms. The predicted octanol–water partition coefficient (Wildman–Crippen LogP) is 1.41. The van der Waals surface area contributed by atoms with Crippen LogP contribution in [0, 0.1) is 0 Å². The van der Waals surface area contributed by atoms with Gasteiger partial charge in [-0.25, -0.2) is 14.2 Å². The summed E-state index contributed by atoms with van der Waals surface area (Å²) in [6.07, 6.45) is 4.27. The van der Waals surface area contributed by atoms with Crippen LogP contribution in [0.4, 0.5) is 4.39 Å². The average molecular weight is 333 g/mol. The average Bonchev–Trinajstić information content (AvgIpc) is 3.24. The minimum Gasteiger partial charge on any atom is -0.504 e. The van der Waals surface area contributed by atoms with Gasteiger partial charge in [0.2, 0.25) is 0 Å². The highest BCUT2D eigenvalue weighted by Gasteiger charge is 2.44. The molecule has 0 saturated heterocycles. The second-order valence-corrected chi connectivity index (χ2v) is 6.18. The second kappa shape index (κ2) is 5.20. The second-order valence-electron chi connectivity index (χ2n) is 6.18. The lowest BCUT2D eigenvalue weighted by molar-refractivity contribution is -0.133. The molecule has 24 heavy (non-hydrogen) atoms. The first-order valence-corrected chi connectivity index (χ1v) is 7.69. The van der Waals surface area contributed by atoms with E-state index < -0.39 is 18.2 Å². The molecule has 2 aliphatic carbocycles. The molecule has 1 aliphatic heterocycles. The van der Waals surface area contributed by atoms with Crippen molar-refractivity contribution in [1.82, 2.24) is 14.5 Å². The third-order valence-electron chi connectivity index (χ3n) is 4.60. The molecule has 1 saturated carbocycles. The summed E-state index contributed by atoms with van der Waals surface area (Å²) in [5.74, 6) is -1.53. The molecule has 2 heterocycles. The van der Waals surface area contributed by atoms with E-state index >= 15 is 0 Å². The van der Waals surface area contributed by atoms with Gasteiger partial charge >= 0.3 is 5.97 Å². The van der Waals surface area contributed by atoms with E-state index in [2.05, 4.69) is 4.98 Å². The summed E-state index contributed by atoms with van der Waals surface area (Å²) in [7, 11) is 0. The van der Waals surface area contributed by atoms with Gasteiger partial charge in [0, 0.05) is 31.1 Å². The van der Waals surface area contributed by atoms with Crippen molar-refractivity contribution in [3.63, 3.8) is 0 Å². The zero-order chi connectivity index (χ0) is 17.0. The van der Waals surface area contributed by atoms with Gasteiger partial charge < -0.3 is 24.8 Å².